The summed E-state index contributed by atoms with van der Waals surface area (Å²) in [6.45, 7) is -2.35. The predicted molar refractivity (Wildman–Crippen MR) is 295 cm³/mol. The van der Waals surface area contributed by atoms with E-state index in [9.17, 15) is 78.6 Å². The van der Waals surface area contributed by atoms with Crippen LogP contribution in [0, 0.1) is 0 Å². The van der Waals surface area contributed by atoms with Gasteiger partial charge >= 0.3 is 5.97 Å². The number of hydrogen-bond donors (Lipinski definition) is 16. The van der Waals surface area contributed by atoms with Crippen LogP contribution in [0.15, 0.2) is 84.9 Å². The highest BCUT2D eigenvalue weighted by Crippen LogP contribution is 2.14. The van der Waals surface area contributed by atoms with Crippen LogP contribution in [-0.2, 0) is 67.2 Å². The van der Waals surface area contributed by atoms with Gasteiger partial charge in [-0.25, -0.2) is 4.79 Å². The monoisotopic (exact) mass is 1160 g/mol. The van der Waals surface area contributed by atoms with Crippen LogP contribution in [-0.4, -0.2) is 201 Å². The van der Waals surface area contributed by atoms with Crippen LogP contribution in [0.25, 0.3) is 0 Å². The van der Waals surface area contributed by atoms with Crippen molar-refractivity contribution in [3.05, 3.63) is 102 Å². The molecule has 0 aliphatic heterocycles. The second-order valence-electron chi connectivity index (χ2n) is 18.2. The molecule has 0 unspecified atom stereocenters. The lowest BCUT2D eigenvalue weighted by atomic mass is 10.0. The maximum atomic E-state index is 14.2. The number of aliphatic hydroxyl groups excluding tert-OH is 4. The summed E-state index contributed by atoms with van der Waals surface area (Å²) in [5.41, 5.74) is 6.99. The van der Waals surface area contributed by atoms with Gasteiger partial charge in [-0.3, -0.25) is 43.2 Å². The van der Waals surface area contributed by atoms with Gasteiger partial charge in [0.05, 0.1) is 32.5 Å². The molecule has 0 spiro atoms. The number of hydrogen-bond acceptors (Lipinski definition) is 18. The van der Waals surface area contributed by atoms with E-state index in [0.717, 1.165) is 6.92 Å². The van der Waals surface area contributed by atoms with Gasteiger partial charge in [0.2, 0.25) is 53.2 Å². The summed E-state index contributed by atoms with van der Waals surface area (Å²) < 4.78 is 0. The Morgan fingerprint density at radius 1 is 0.450 bits per heavy atom. The van der Waals surface area contributed by atoms with Gasteiger partial charge in [0.1, 0.15) is 60.1 Å². The van der Waals surface area contributed by atoms with E-state index in [4.69, 9.17) is 5.73 Å². The van der Waals surface area contributed by atoms with E-state index >= 15 is 0 Å². The van der Waals surface area contributed by atoms with Gasteiger partial charge in [-0.2, -0.15) is 23.5 Å². The van der Waals surface area contributed by atoms with E-state index < -0.39 is 146 Å². The van der Waals surface area contributed by atoms with Crippen molar-refractivity contribution in [1.29, 1.82) is 0 Å². The fourth-order valence-electron chi connectivity index (χ4n) is 7.59. The Labute approximate surface area is 470 Å². The molecular formula is C52H72N10O16S2. The summed E-state index contributed by atoms with van der Waals surface area (Å²) in [5.74, 6) is -9.80. The van der Waals surface area contributed by atoms with Gasteiger partial charge in [-0.1, -0.05) is 72.8 Å². The van der Waals surface area contributed by atoms with Gasteiger partial charge in [0, 0.05) is 19.3 Å². The number of aliphatic carboxylic acids is 1. The summed E-state index contributed by atoms with van der Waals surface area (Å²) in [6.07, 6.45) is 1.23. The van der Waals surface area contributed by atoms with Crippen LogP contribution in [0.5, 0.6) is 5.75 Å². The standard InChI is InChI=1S/C52H72N10O16S2/c1-29(66)43(62-48(73)38(23-31-12-8-5-9-13-31)58-49(74)39(26-63)59-46(71)36(54-42(68)25-53)22-30-10-6-4-7-11-30)51(76)60-40(27-64)50(75)57-37(24-32-14-16-33(67)17-15-32)47(72)56-34(18-20-79-2)44(69)55-35(19-21-80-3)45(70)61-41(28-65)52(77)78/h4-17,29,34-41,43,63-67H,18-28,53H2,1-3H3,(H,54,68)(H,55,69)(H,56,72)(H,57,75)(H,58,74)(H,59,71)(H,60,76)(H,61,70)(H,62,73)(H,77,78)/t29-,34+,35+,36+,37+,38+,39+,40+,41+,43+/m1/s1. The maximum absolute atomic E-state index is 14.2. The van der Waals surface area contributed by atoms with Gasteiger partial charge < -0.3 is 84.2 Å². The zero-order valence-electron chi connectivity index (χ0n) is 44.3. The molecule has 0 radical (unpaired) electrons. The Morgan fingerprint density at radius 2 is 0.775 bits per heavy atom. The van der Waals surface area contributed by atoms with Crippen molar-refractivity contribution in [2.45, 2.75) is 99.5 Å². The van der Waals surface area contributed by atoms with Crippen molar-refractivity contribution in [1.82, 2.24) is 47.9 Å². The molecule has 0 aliphatic rings. The number of aromatic hydroxyl groups is 1. The summed E-state index contributed by atoms with van der Waals surface area (Å²) in [7, 11) is 0. The number of carboxylic acids is 1. The van der Waals surface area contributed by atoms with E-state index in [1.807, 2.05) is 0 Å². The summed E-state index contributed by atoms with van der Waals surface area (Å²) in [4.78, 5) is 134. The number of nitrogens with one attached hydrogen (secondary N) is 9. The summed E-state index contributed by atoms with van der Waals surface area (Å²) in [6, 6.07) is 8.13. The van der Waals surface area contributed by atoms with Gasteiger partial charge in [-0.15, -0.1) is 0 Å². The summed E-state index contributed by atoms with van der Waals surface area (Å²) >= 11 is 2.64. The van der Waals surface area contributed by atoms with E-state index in [-0.39, 0.29) is 37.9 Å². The lowest BCUT2D eigenvalue weighted by molar-refractivity contribution is -0.143. The number of carbonyl (C=O) groups excluding carboxylic acids is 9. The molecule has 0 saturated heterocycles. The van der Waals surface area contributed by atoms with Crippen LogP contribution < -0.4 is 53.6 Å². The van der Waals surface area contributed by atoms with Crippen molar-refractivity contribution in [2.75, 3.05) is 50.4 Å². The first kappa shape index (κ1) is 66.9. The van der Waals surface area contributed by atoms with Crippen LogP contribution in [0.4, 0.5) is 0 Å². The zero-order valence-corrected chi connectivity index (χ0v) is 45.9. The van der Waals surface area contributed by atoms with Crippen molar-refractivity contribution < 1.29 is 78.6 Å². The molecular weight excluding hydrogens is 1080 g/mol. The van der Waals surface area contributed by atoms with Gasteiger partial charge in [0.25, 0.3) is 0 Å². The highest BCUT2D eigenvalue weighted by atomic mass is 32.2. The molecule has 0 aromatic heterocycles. The average Bonchev–Trinajstić information content (AvgIpc) is 3.44. The Kier molecular flexibility index (Phi) is 29.5. The number of phenols is 1. The molecule has 0 saturated carbocycles. The minimum Gasteiger partial charge on any atom is -0.508 e. The minimum atomic E-state index is -1.88. The predicted octanol–water partition coefficient (Wildman–Crippen LogP) is -4.31. The van der Waals surface area contributed by atoms with Crippen molar-refractivity contribution in [2.24, 2.45) is 5.73 Å². The maximum Gasteiger partial charge on any atom is 0.328 e. The Hall–Kier alpha value is -7.34. The van der Waals surface area contributed by atoms with E-state index in [2.05, 4.69) is 47.9 Å². The van der Waals surface area contributed by atoms with Crippen molar-refractivity contribution >= 4 is 82.7 Å². The zero-order chi connectivity index (χ0) is 59.3. The van der Waals surface area contributed by atoms with Crippen molar-refractivity contribution in [3.8, 4) is 5.75 Å². The summed E-state index contributed by atoms with van der Waals surface area (Å²) in [5, 5.41) is 82.1. The first-order chi connectivity index (χ1) is 38.2. The fraction of sp³-hybridized carbons (Fsp3) is 0.462. The largest absolute Gasteiger partial charge is 0.508 e. The number of carboxylic acid groups (broad SMARTS) is 1. The average molecular weight is 1160 g/mol. The molecule has 26 nitrogen and oxygen atoms in total. The van der Waals surface area contributed by atoms with Crippen molar-refractivity contribution in [3.63, 3.8) is 0 Å². The highest BCUT2D eigenvalue weighted by Gasteiger charge is 2.36. The number of benzene rings is 3. The number of phenolic OH excluding ortho intramolecular Hbond substituents is 1. The highest BCUT2D eigenvalue weighted by molar-refractivity contribution is 7.98. The smallest absolute Gasteiger partial charge is 0.328 e. The minimum absolute atomic E-state index is 0.00770. The fourth-order valence-corrected chi connectivity index (χ4v) is 8.53. The number of carbonyl (C=O) groups is 10. The molecule has 0 fully saturated rings. The first-order valence-corrected chi connectivity index (χ1v) is 28.0. The topological polar surface area (TPSA) is 426 Å². The van der Waals surface area contributed by atoms with E-state index in [1.54, 1.807) is 73.2 Å². The normalized spacial score (nSPS) is 14.8. The molecule has 3 aromatic carbocycles. The molecule has 28 heteroatoms. The quantitative estimate of drug-likeness (QED) is 0.0265. The molecule has 80 heavy (non-hydrogen) atoms. The molecule has 9 amide bonds. The Morgan fingerprint density at radius 3 is 1.15 bits per heavy atom. The first-order valence-electron chi connectivity index (χ1n) is 25.2. The van der Waals surface area contributed by atoms with Crippen LogP contribution in [0.2, 0.25) is 0 Å². The number of rotatable bonds is 35. The third kappa shape index (κ3) is 22.8. The molecule has 0 bridgehead atoms. The Bertz CT molecular complexity index is 2520. The third-order valence-electron chi connectivity index (χ3n) is 12.0. The van der Waals surface area contributed by atoms with Crippen LogP contribution >= 0.6 is 23.5 Å². The molecule has 17 N–H and O–H groups in total. The van der Waals surface area contributed by atoms with Crippen LogP contribution in [0.3, 0.4) is 0 Å². The third-order valence-corrected chi connectivity index (χ3v) is 13.3. The Balaban J connectivity index is 1.87. The second-order valence-corrected chi connectivity index (χ2v) is 20.1. The number of nitrogens with two attached hydrogens (primary N) is 1. The SMILES string of the molecule is CSCC[C@H](NC(=O)[C@H](CCSC)NC(=O)[C@H](Cc1ccc(O)cc1)NC(=O)[C@H](CO)NC(=O)[C@@H](NC(=O)[C@H](Cc1ccccc1)NC(=O)[C@H](CO)NC(=O)[C@H](Cc1ccccc1)NC(=O)CN)[C@@H](C)O)C(=O)N[C@@H](CO)C(=O)O. The lowest BCUT2D eigenvalue weighted by Gasteiger charge is -2.28. The number of thioether (sulfide) groups is 2. The van der Waals surface area contributed by atoms with Gasteiger partial charge in [-0.05, 0) is 72.6 Å². The molecule has 3 aromatic rings. The van der Waals surface area contributed by atoms with Gasteiger partial charge in [0.15, 0.2) is 0 Å². The lowest BCUT2D eigenvalue weighted by Crippen LogP contribution is -2.63. The molecule has 3 rings (SSSR count). The van der Waals surface area contributed by atoms with Crippen LogP contribution in [0.1, 0.15) is 36.5 Å². The second kappa shape index (κ2) is 35.3. The number of amides is 9. The van der Waals surface area contributed by atoms with E-state index in [0.29, 0.717) is 28.2 Å². The van der Waals surface area contributed by atoms with E-state index in [1.165, 1.54) is 47.8 Å². The molecule has 0 aliphatic carbocycles. The molecule has 10 atom stereocenters. The molecule has 438 valence electrons. The molecule has 0 heterocycles. The number of aliphatic hydroxyl groups is 4.